The number of carbonyl (C=O) groups excluding carboxylic acids is 1. The summed E-state index contributed by atoms with van der Waals surface area (Å²) in [5.74, 6) is 0.167. The maximum Gasteiger partial charge on any atom is 0.320 e. The number of methoxy groups -OCH3 is 1. The Kier molecular flexibility index (Phi) is 5.91. The van der Waals surface area contributed by atoms with Gasteiger partial charge in [-0.2, -0.15) is 4.31 Å². The van der Waals surface area contributed by atoms with Crippen LogP contribution in [0.5, 0.6) is 0 Å². The predicted octanol–water partition coefficient (Wildman–Crippen LogP) is 2.23. The van der Waals surface area contributed by atoms with Crippen molar-refractivity contribution in [2.24, 2.45) is 0 Å². The van der Waals surface area contributed by atoms with Crippen molar-refractivity contribution >= 4 is 45.4 Å². The highest BCUT2D eigenvalue weighted by Gasteiger charge is 2.32. The molecule has 0 unspecified atom stereocenters. The molecule has 0 aliphatic carbocycles. The number of sulfonamides is 1. The Hall–Kier alpha value is -1.02. The van der Waals surface area contributed by atoms with Crippen LogP contribution in [-0.2, 0) is 19.6 Å². The van der Waals surface area contributed by atoms with Gasteiger partial charge in [-0.25, -0.2) is 8.42 Å². The Bertz CT molecular complexity index is 658. The van der Waals surface area contributed by atoms with Gasteiger partial charge in [-0.15, -0.1) is 11.8 Å². The highest BCUT2D eigenvalue weighted by atomic mass is 35.5. The lowest BCUT2D eigenvalue weighted by Crippen LogP contribution is -2.44. The Morgan fingerprint density at radius 3 is 2.73 bits per heavy atom. The van der Waals surface area contributed by atoms with Crippen LogP contribution in [0.25, 0.3) is 6.08 Å². The van der Waals surface area contributed by atoms with Crippen LogP contribution in [0.4, 0.5) is 0 Å². The molecule has 1 aromatic rings. The maximum atomic E-state index is 12.3. The van der Waals surface area contributed by atoms with Crippen LogP contribution in [0.2, 0.25) is 5.02 Å². The molecule has 1 aromatic carbocycles. The van der Waals surface area contributed by atoms with E-state index >= 15 is 0 Å². The largest absolute Gasteiger partial charge is 0.468 e. The summed E-state index contributed by atoms with van der Waals surface area (Å²) in [4.78, 5) is 11.6. The Labute approximate surface area is 139 Å². The zero-order valence-corrected chi connectivity index (χ0v) is 14.3. The van der Waals surface area contributed by atoms with Gasteiger partial charge in [0.1, 0.15) is 5.25 Å². The van der Waals surface area contributed by atoms with Crippen molar-refractivity contribution in [3.8, 4) is 0 Å². The van der Waals surface area contributed by atoms with Crippen LogP contribution in [0.15, 0.2) is 29.7 Å². The third-order valence-electron chi connectivity index (χ3n) is 3.16. The molecular formula is C14H16ClNO4S2. The zero-order chi connectivity index (χ0) is 16.2. The Morgan fingerprint density at radius 2 is 2.09 bits per heavy atom. The quantitative estimate of drug-likeness (QED) is 0.769. The summed E-state index contributed by atoms with van der Waals surface area (Å²) in [7, 11) is -2.27. The first-order valence-corrected chi connectivity index (χ1v) is 9.48. The van der Waals surface area contributed by atoms with Gasteiger partial charge in [0.15, 0.2) is 0 Å². The first kappa shape index (κ1) is 17.3. The van der Waals surface area contributed by atoms with E-state index < -0.39 is 21.2 Å². The summed E-state index contributed by atoms with van der Waals surface area (Å²) >= 11 is 7.20. The SMILES string of the molecule is COC(=O)[C@H]1CN(S(=O)(=O)/C=C/c2ccc(Cl)cc2)CCS1. The van der Waals surface area contributed by atoms with Crippen molar-refractivity contribution < 1.29 is 17.9 Å². The Morgan fingerprint density at radius 1 is 1.41 bits per heavy atom. The highest BCUT2D eigenvalue weighted by molar-refractivity contribution is 8.00. The van der Waals surface area contributed by atoms with E-state index in [1.54, 1.807) is 24.3 Å². The number of nitrogens with zero attached hydrogens (tertiary/aromatic N) is 1. The number of thioether (sulfide) groups is 1. The van der Waals surface area contributed by atoms with Crippen molar-refractivity contribution in [2.75, 3.05) is 26.0 Å². The van der Waals surface area contributed by atoms with Crippen LogP contribution in [0.1, 0.15) is 5.56 Å². The maximum absolute atomic E-state index is 12.3. The predicted molar refractivity (Wildman–Crippen MR) is 89.2 cm³/mol. The second-order valence-electron chi connectivity index (χ2n) is 4.64. The van der Waals surface area contributed by atoms with E-state index in [-0.39, 0.29) is 6.54 Å². The molecule has 2 rings (SSSR count). The fraction of sp³-hybridized carbons (Fsp3) is 0.357. The molecule has 0 N–H and O–H groups in total. The lowest BCUT2D eigenvalue weighted by molar-refractivity contribution is -0.140. The molecule has 0 saturated carbocycles. The lowest BCUT2D eigenvalue weighted by atomic mass is 10.2. The van der Waals surface area contributed by atoms with E-state index in [2.05, 4.69) is 4.74 Å². The number of carbonyl (C=O) groups is 1. The van der Waals surface area contributed by atoms with Crippen molar-refractivity contribution in [2.45, 2.75) is 5.25 Å². The highest BCUT2D eigenvalue weighted by Crippen LogP contribution is 2.23. The summed E-state index contributed by atoms with van der Waals surface area (Å²) in [6.45, 7) is 0.510. The minimum Gasteiger partial charge on any atom is -0.468 e. The fourth-order valence-electron chi connectivity index (χ4n) is 1.96. The van der Waals surface area contributed by atoms with Crippen molar-refractivity contribution in [3.63, 3.8) is 0 Å². The first-order valence-electron chi connectivity index (χ1n) is 6.55. The number of esters is 1. The number of hydrogen-bond donors (Lipinski definition) is 0. The Balaban J connectivity index is 2.09. The monoisotopic (exact) mass is 361 g/mol. The molecule has 0 radical (unpaired) electrons. The number of benzene rings is 1. The number of halogens is 1. The molecular weight excluding hydrogens is 346 g/mol. The van der Waals surface area contributed by atoms with Crippen LogP contribution in [-0.4, -0.2) is 49.9 Å². The molecule has 22 heavy (non-hydrogen) atoms. The molecule has 120 valence electrons. The standard InChI is InChI=1S/C14H16ClNO4S2/c1-20-14(17)13-10-16(7-8-21-13)22(18,19)9-6-11-2-4-12(15)5-3-11/h2-6,9,13H,7-8,10H2,1H3/b9-6+/t13-/m1/s1. The van der Waals surface area contributed by atoms with E-state index in [4.69, 9.17) is 11.6 Å². The van der Waals surface area contributed by atoms with Gasteiger partial charge in [-0.05, 0) is 23.8 Å². The molecule has 1 heterocycles. The summed E-state index contributed by atoms with van der Waals surface area (Å²) in [6, 6.07) is 6.85. The van der Waals surface area contributed by atoms with Gasteiger partial charge in [0.25, 0.3) is 0 Å². The van der Waals surface area contributed by atoms with E-state index in [0.717, 1.165) is 11.0 Å². The van der Waals surface area contributed by atoms with E-state index in [0.29, 0.717) is 17.3 Å². The molecule has 1 saturated heterocycles. The molecule has 1 aliphatic rings. The fourth-order valence-corrected chi connectivity index (χ4v) is 4.62. The van der Waals surface area contributed by atoms with Crippen LogP contribution < -0.4 is 0 Å². The minimum atomic E-state index is -3.57. The molecule has 0 amide bonds. The topological polar surface area (TPSA) is 63.7 Å². The molecule has 0 aromatic heterocycles. The lowest BCUT2D eigenvalue weighted by Gasteiger charge is -2.29. The molecule has 0 spiro atoms. The zero-order valence-electron chi connectivity index (χ0n) is 11.9. The van der Waals surface area contributed by atoms with Gasteiger partial charge in [0.05, 0.1) is 7.11 Å². The van der Waals surface area contributed by atoms with Crippen LogP contribution in [0, 0.1) is 0 Å². The number of hydrogen-bond acceptors (Lipinski definition) is 5. The summed E-state index contributed by atoms with van der Waals surface area (Å²) in [6.07, 6.45) is 1.51. The number of rotatable bonds is 4. The molecule has 8 heteroatoms. The first-order chi connectivity index (χ1) is 10.4. The van der Waals surface area contributed by atoms with Gasteiger partial charge in [0, 0.05) is 29.3 Å². The van der Waals surface area contributed by atoms with E-state index in [9.17, 15) is 13.2 Å². The van der Waals surface area contributed by atoms with E-state index in [1.165, 1.54) is 29.3 Å². The third-order valence-corrected chi connectivity index (χ3v) is 6.10. The minimum absolute atomic E-state index is 0.130. The van der Waals surface area contributed by atoms with E-state index in [1.807, 2.05) is 0 Å². The van der Waals surface area contributed by atoms with Crippen molar-refractivity contribution in [1.29, 1.82) is 0 Å². The molecule has 0 bridgehead atoms. The van der Waals surface area contributed by atoms with Gasteiger partial charge in [0.2, 0.25) is 10.0 Å². The molecule has 1 atom stereocenters. The van der Waals surface area contributed by atoms with Gasteiger partial charge < -0.3 is 4.74 Å². The smallest absolute Gasteiger partial charge is 0.320 e. The normalized spacial score (nSPS) is 20.2. The third kappa shape index (κ3) is 4.49. The van der Waals surface area contributed by atoms with Crippen LogP contribution >= 0.6 is 23.4 Å². The average Bonchev–Trinajstić information content (AvgIpc) is 2.54. The van der Waals surface area contributed by atoms with Gasteiger partial charge >= 0.3 is 5.97 Å². The average molecular weight is 362 g/mol. The molecule has 5 nitrogen and oxygen atoms in total. The second-order valence-corrected chi connectivity index (χ2v) is 8.21. The molecule has 1 aliphatic heterocycles. The second kappa shape index (κ2) is 7.50. The number of ether oxygens (including phenoxy) is 1. The summed E-state index contributed by atoms with van der Waals surface area (Å²) < 4.78 is 30.7. The summed E-state index contributed by atoms with van der Waals surface area (Å²) in [5, 5.41) is 1.27. The van der Waals surface area contributed by atoms with Gasteiger partial charge in [-0.1, -0.05) is 23.7 Å². The van der Waals surface area contributed by atoms with Crippen LogP contribution in [0.3, 0.4) is 0 Å². The van der Waals surface area contributed by atoms with Gasteiger partial charge in [-0.3, -0.25) is 4.79 Å². The summed E-state index contributed by atoms with van der Waals surface area (Å²) in [5.41, 5.74) is 0.740. The van der Waals surface area contributed by atoms with Crippen molar-refractivity contribution in [3.05, 3.63) is 40.3 Å². The van der Waals surface area contributed by atoms with Crippen molar-refractivity contribution in [1.82, 2.24) is 4.31 Å². The molecule has 1 fully saturated rings.